The van der Waals surface area contributed by atoms with Crippen molar-refractivity contribution in [3.8, 4) is 6.07 Å². The highest BCUT2D eigenvalue weighted by molar-refractivity contribution is 7.96. The highest BCUT2D eigenvalue weighted by Gasteiger charge is 2.34. The standard InChI is InChI=1S/C30H22ClN2O2PS2/c1-22-17-19-26(20-18-22)38(34,35)30-28(31)37-29(33-30)27(21-32)36(23-11-5-2-6-12-23,24-13-7-3-8-14-24)25-15-9-4-10-16-25/h2-20H,1H3. The van der Waals surface area contributed by atoms with Gasteiger partial charge in [-0.05, 0) is 41.9 Å². The molecule has 5 aromatic rings. The Kier molecular flexibility index (Phi) is 7.38. The Labute approximate surface area is 231 Å². The van der Waals surface area contributed by atoms with Crippen molar-refractivity contribution in [1.29, 1.82) is 5.26 Å². The van der Waals surface area contributed by atoms with Gasteiger partial charge in [0, 0.05) is 0 Å². The molecule has 0 radical (unpaired) electrons. The first-order valence-electron chi connectivity index (χ1n) is 11.7. The zero-order chi connectivity index (χ0) is 26.8. The number of hydrogen-bond donors (Lipinski definition) is 0. The van der Waals surface area contributed by atoms with Gasteiger partial charge < -0.3 is 0 Å². The van der Waals surface area contributed by atoms with Crippen molar-refractivity contribution in [2.75, 3.05) is 0 Å². The maximum Gasteiger partial charge on any atom is 0.226 e. The van der Waals surface area contributed by atoms with E-state index in [-0.39, 0.29) is 14.3 Å². The smallest absolute Gasteiger partial charge is 0.222 e. The van der Waals surface area contributed by atoms with Crippen LogP contribution in [0, 0.1) is 18.3 Å². The summed E-state index contributed by atoms with van der Waals surface area (Å²) in [6, 6.07) is 38.6. The molecule has 0 aliphatic rings. The van der Waals surface area contributed by atoms with Gasteiger partial charge in [0.1, 0.15) is 15.4 Å². The number of hydrogen-bond acceptors (Lipinski definition) is 5. The number of sulfone groups is 1. The normalized spacial score (nSPS) is 11.6. The maximum atomic E-state index is 13.5. The van der Waals surface area contributed by atoms with Crippen LogP contribution in [-0.2, 0) is 9.84 Å². The Hall–Kier alpha value is -3.46. The molecule has 0 unspecified atom stereocenters. The fourth-order valence-corrected chi connectivity index (χ4v) is 11.8. The van der Waals surface area contributed by atoms with Crippen molar-refractivity contribution in [3.05, 3.63) is 130 Å². The predicted molar refractivity (Wildman–Crippen MR) is 159 cm³/mol. The minimum Gasteiger partial charge on any atom is -0.222 e. The molecule has 5 rings (SSSR count). The van der Waals surface area contributed by atoms with E-state index in [0.717, 1.165) is 32.8 Å². The zero-order valence-electron chi connectivity index (χ0n) is 20.3. The first kappa shape index (κ1) is 26.2. The molecule has 0 bridgehead atoms. The summed E-state index contributed by atoms with van der Waals surface area (Å²) >= 11 is 7.59. The van der Waals surface area contributed by atoms with E-state index in [1.807, 2.05) is 97.9 Å². The molecule has 0 aliphatic heterocycles. The number of thiazole rings is 1. The number of benzene rings is 4. The van der Waals surface area contributed by atoms with Crippen LogP contribution in [0.25, 0.3) is 0 Å². The van der Waals surface area contributed by atoms with Crippen molar-refractivity contribution < 1.29 is 8.42 Å². The minimum absolute atomic E-state index is 0.0283. The van der Waals surface area contributed by atoms with Crippen LogP contribution in [0.5, 0.6) is 0 Å². The lowest BCUT2D eigenvalue weighted by Crippen LogP contribution is -2.30. The molecular formula is C30H22ClN2O2PS2. The second kappa shape index (κ2) is 10.7. The van der Waals surface area contributed by atoms with Crippen molar-refractivity contribution in [3.63, 3.8) is 0 Å². The van der Waals surface area contributed by atoms with E-state index in [1.165, 1.54) is 0 Å². The summed E-state index contributed by atoms with van der Waals surface area (Å²) in [5.41, 5.74) is 0.942. The average molecular weight is 573 g/mol. The molecule has 8 heteroatoms. The van der Waals surface area contributed by atoms with E-state index < -0.39 is 16.7 Å². The van der Waals surface area contributed by atoms with Gasteiger partial charge in [-0.15, -0.1) is 0 Å². The second-order valence-corrected chi connectivity index (χ2v) is 15.4. The maximum absolute atomic E-state index is 13.5. The Morgan fingerprint density at radius 2 is 1.24 bits per heavy atom. The highest BCUT2D eigenvalue weighted by atomic mass is 35.5. The fraction of sp³-hybridized carbons (Fsp3) is 0.0333. The highest BCUT2D eigenvalue weighted by Crippen LogP contribution is 2.48. The third kappa shape index (κ3) is 4.53. The van der Waals surface area contributed by atoms with E-state index in [9.17, 15) is 13.7 Å². The largest absolute Gasteiger partial charge is 0.226 e. The number of halogens is 1. The molecule has 0 spiro atoms. The van der Waals surface area contributed by atoms with Crippen LogP contribution >= 0.6 is 29.8 Å². The molecule has 1 heterocycles. The zero-order valence-corrected chi connectivity index (χ0v) is 23.6. The van der Waals surface area contributed by atoms with Gasteiger partial charge in [0.2, 0.25) is 9.84 Å². The average Bonchev–Trinajstić information content (AvgIpc) is 3.35. The van der Waals surface area contributed by atoms with Crippen molar-refractivity contribution in [2.24, 2.45) is 0 Å². The molecular weight excluding hydrogens is 551 g/mol. The van der Waals surface area contributed by atoms with Crippen LogP contribution in [0.3, 0.4) is 0 Å². The molecule has 0 saturated heterocycles. The minimum atomic E-state index is -3.99. The van der Waals surface area contributed by atoms with Crippen LogP contribution in [0.2, 0.25) is 4.34 Å². The fourth-order valence-electron chi connectivity index (χ4n) is 4.44. The first-order valence-corrected chi connectivity index (χ1v) is 16.2. The molecule has 0 atom stereocenters. The summed E-state index contributed by atoms with van der Waals surface area (Å²) in [6.45, 7) is -0.885. The second-order valence-electron chi connectivity index (χ2n) is 8.55. The number of aryl methyl sites for hydroxylation is 1. The molecule has 0 fully saturated rings. The summed E-state index contributed by atoms with van der Waals surface area (Å²) in [6.07, 6.45) is 0. The third-order valence-electron chi connectivity index (χ3n) is 6.22. The third-order valence-corrected chi connectivity index (χ3v) is 13.8. The van der Waals surface area contributed by atoms with Crippen LogP contribution in [0.1, 0.15) is 10.6 Å². The number of nitrogens with zero attached hydrogens (tertiary/aromatic N) is 2. The molecule has 1 aromatic heterocycles. The number of aromatic nitrogens is 1. The van der Waals surface area contributed by atoms with Crippen LogP contribution in [0.4, 0.5) is 0 Å². The topological polar surface area (TPSA) is 70.8 Å². The molecule has 0 aliphatic carbocycles. The quantitative estimate of drug-likeness (QED) is 0.235. The molecule has 0 saturated carbocycles. The van der Waals surface area contributed by atoms with Crippen molar-refractivity contribution in [2.45, 2.75) is 16.8 Å². The lowest BCUT2D eigenvalue weighted by molar-refractivity contribution is 0.593. The Morgan fingerprint density at radius 3 is 1.66 bits per heavy atom. The Bertz CT molecular complexity index is 1690. The predicted octanol–water partition coefficient (Wildman–Crippen LogP) is 5.98. The lowest BCUT2D eigenvalue weighted by atomic mass is 10.2. The summed E-state index contributed by atoms with van der Waals surface area (Å²) < 4.78 is 27.1. The SMILES string of the molecule is Cc1ccc(S(=O)(=O)c2nc(C(C#N)=P(c3ccccc3)(c3ccccc3)c3ccccc3)sc2Cl)cc1. The summed E-state index contributed by atoms with van der Waals surface area (Å²) in [5.74, 6) is 0. The van der Waals surface area contributed by atoms with E-state index in [2.05, 4.69) is 11.1 Å². The summed E-state index contributed by atoms with van der Waals surface area (Å²) in [5, 5.41) is 14.1. The van der Waals surface area contributed by atoms with Crippen molar-refractivity contribution >= 4 is 60.9 Å². The van der Waals surface area contributed by atoms with Gasteiger partial charge in [0.25, 0.3) is 0 Å². The van der Waals surface area contributed by atoms with Gasteiger partial charge in [-0.2, -0.15) is 5.26 Å². The Morgan fingerprint density at radius 1 is 0.789 bits per heavy atom. The van der Waals surface area contributed by atoms with Crippen LogP contribution in [0.15, 0.2) is 125 Å². The van der Waals surface area contributed by atoms with E-state index in [0.29, 0.717) is 10.3 Å². The molecule has 4 aromatic carbocycles. The van der Waals surface area contributed by atoms with Gasteiger partial charge in [-0.3, -0.25) is 0 Å². The molecule has 0 amide bonds. The Balaban J connectivity index is 1.89. The van der Waals surface area contributed by atoms with Crippen LogP contribution in [-0.4, -0.2) is 18.7 Å². The molecule has 188 valence electrons. The molecule has 0 N–H and O–H groups in total. The van der Waals surface area contributed by atoms with Crippen molar-refractivity contribution in [1.82, 2.24) is 4.98 Å². The summed E-state index contributed by atoms with van der Waals surface area (Å²) in [7, 11) is -3.99. The van der Waals surface area contributed by atoms with E-state index >= 15 is 0 Å². The molecule has 4 nitrogen and oxygen atoms in total. The molecule has 38 heavy (non-hydrogen) atoms. The van der Waals surface area contributed by atoms with Gasteiger partial charge >= 0.3 is 0 Å². The summed E-state index contributed by atoms with van der Waals surface area (Å²) in [4.78, 5) is 4.67. The first-order chi connectivity index (χ1) is 18.4. The van der Waals surface area contributed by atoms with Crippen LogP contribution < -0.4 is 15.9 Å². The van der Waals surface area contributed by atoms with Gasteiger partial charge in [0.05, 0.1) is 10.2 Å². The van der Waals surface area contributed by atoms with Gasteiger partial charge in [-0.1, -0.05) is 132 Å². The van der Waals surface area contributed by atoms with E-state index in [1.54, 1.807) is 24.3 Å². The van der Waals surface area contributed by atoms with E-state index in [4.69, 9.17) is 11.6 Å². The monoisotopic (exact) mass is 572 g/mol. The number of rotatable bonds is 6. The number of nitriles is 1. The van der Waals surface area contributed by atoms with Gasteiger partial charge in [0.15, 0.2) is 5.03 Å². The van der Waals surface area contributed by atoms with Gasteiger partial charge in [-0.25, -0.2) is 13.4 Å². The lowest BCUT2D eigenvalue weighted by Gasteiger charge is -2.29.